The number of esters is 1. The lowest BCUT2D eigenvalue weighted by molar-refractivity contribution is -0.146. The number of hydrogen-bond donors (Lipinski definition) is 0. The van der Waals surface area contributed by atoms with Crippen LogP contribution in [0.4, 0.5) is 0 Å². The average molecular weight is 307 g/mol. The van der Waals surface area contributed by atoms with Gasteiger partial charge in [0, 0.05) is 6.92 Å². The minimum absolute atomic E-state index is 0.0387. The Hall–Kier alpha value is -1.11. The van der Waals surface area contributed by atoms with Gasteiger partial charge in [-0.3, -0.25) is 8.98 Å². The van der Waals surface area contributed by atoms with Crippen LogP contribution in [0.5, 0.6) is 0 Å². The molecule has 0 saturated carbocycles. The van der Waals surface area contributed by atoms with Crippen molar-refractivity contribution in [1.29, 1.82) is 0 Å². The molecule has 19 heavy (non-hydrogen) atoms. The van der Waals surface area contributed by atoms with E-state index in [1.54, 1.807) is 12.1 Å². The Balaban J connectivity index is 2.69. The third kappa shape index (κ3) is 5.18. The van der Waals surface area contributed by atoms with Crippen molar-refractivity contribution in [2.75, 3.05) is 12.5 Å². The quantitative estimate of drug-likeness (QED) is 0.456. The highest BCUT2D eigenvalue weighted by Gasteiger charge is 2.19. The highest BCUT2D eigenvalue weighted by atomic mass is 35.5. The zero-order valence-corrected chi connectivity index (χ0v) is 12.2. The van der Waals surface area contributed by atoms with Crippen molar-refractivity contribution < 1.29 is 22.1 Å². The first-order chi connectivity index (χ1) is 8.85. The maximum atomic E-state index is 11.8. The molecule has 0 saturated heterocycles. The zero-order valence-electron chi connectivity index (χ0n) is 10.6. The van der Waals surface area contributed by atoms with E-state index in [0.29, 0.717) is 0 Å². The van der Waals surface area contributed by atoms with E-state index in [9.17, 15) is 13.2 Å². The zero-order chi connectivity index (χ0) is 14.5. The Bertz CT molecular complexity index is 524. The minimum atomic E-state index is -3.87. The number of hydrogen-bond acceptors (Lipinski definition) is 5. The van der Waals surface area contributed by atoms with E-state index in [1.165, 1.54) is 19.1 Å². The van der Waals surface area contributed by atoms with E-state index in [4.69, 9.17) is 20.5 Å². The predicted octanol–water partition coefficient (Wildman–Crippen LogP) is 1.87. The Morgan fingerprint density at radius 3 is 2.37 bits per heavy atom. The largest absolute Gasteiger partial charge is 0.459 e. The van der Waals surface area contributed by atoms with Crippen LogP contribution < -0.4 is 0 Å². The second-order valence-electron chi connectivity index (χ2n) is 3.94. The van der Waals surface area contributed by atoms with Crippen LogP contribution in [0.2, 0.25) is 0 Å². The van der Waals surface area contributed by atoms with Crippen LogP contribution in [0.3, 0.4) is 0 Å². The summed E-state index contributed by atoms with van der Waals surface area (Å²) < 4.78 is 33.3. The molecule has 106 valence electrons. The van der Waals surface area contributed by atoms with Crippen molar-refractivity contribution in [2.24, 2.45) is 0 Å². The summed E-state index contributed by atoms with van der Waals surface area (Å²) in [7, 11) is -3.87. The van der Waals surface area contributed by atoms with Gasteiger partial charge in [-0.1, -0.05) is 17.7 Å². The molecule has 0 N–H and O–H groups in total. The van der Waals surface area contributed by atoms with Gasteiger partial charge in [-0.15, -0.1) is 11.6 Å². The van der Waals surface area contributed by atoms with Crippen molar-refractivity contribution >= 4 is 27.7 Å². The number of carbonyl (C=O) groups excluding carboxylic acids is 1. The maximum Gasteiger partial charge on any atom is 0.303 e. The molecule has 7 heteroatoms. The normalized spacial score (nSPS) is 13.0. The van der Waals surface area contributed by atoms with Crippen LogP contribution in [0, 0.1) is 6.92 Å². The fraction of sp³-hybridized carbons (Fsp3) is 0.417. The molecule has 1 aromatic rings. The summed E-state index contributed by atoms with van der Waals surface area (Å²) in [4.78, 5) is 10.8. The molecule has 0 radical (unpaired) electrons. The Kier molecular flexibility index (Phi) is 5.78. The molecule has 0 amide bonds. The topological polar surface area (TPSA) is 69.7 Å². The van der Waals surface area contributed by atoms with E-state index in [0.717, 1.165) is 5.56 Å². The van der Waals surface area contributed by atoms with Gasteiger partial charge in [0.2, 0.25) is 0 Å². The number of aryl methyl sites for hydroxylation is 1. The van der Waals surface area contributed by atoms with Crippen molar-refractivity contribution in [3.8, 4) is 0 Å². The number of benzene rings is 1. The van der Waals surface area contributed by atoms with Gasteiger partial charge in [0.25, 0.3) is 10.1 Å². The highest BCUT2D eigenvalue weighted by Crippen LogP contribution is 2.14. The summed E-state index contributed by atoms with van der Waals surface area (Å²) in [6.07, 6.45) is -0.792. The maximum absolute atomic E-state index is 11.8. The highest BCUT2D eigenvalue weighted by molar-refractivity contribution is 7.86. The molecule has 0 bridgehead atoms. The molecule has 1 unspecified atom stereocenters. The fourth-order valence-corrected chi connectivity index (χ4v) is 2.37. The first kappa shape index (κ1) is 15.9. The average Bonchev–Trinajstić information content (AvgIpc) is 2.34. The first-order valence-corrected chi connectivity index (χ1v) is 7.48. The Labute approximate surface area is 117 Å². The van der Waals surface area contributed by atoms with Gasteiger partial charge in [0.05, 0.1) is 10.8 Å². The van der Waals surface area contributed by atoms with E-state index in [1.807, 2.05) is 6.92 Å². The summed E-state index contributed by atoms with van der Waals surface area (Å²) in [5.74, 6) is -0.579. The van der Waals surface area contributed by atoms with Gasteiger partial charge < -0.3 is 4.74 Å². The van der Waals surface area contributed by atoms with Gasteiger partial charge in [0.1, 0.15) is 12.7 Å². The SMILES string of the molecule is CC(=O)OC(CCl)COS(=O)(=O)c1ccc(C)cc1. The van der Waals surface area contributed by atoms with Gasteiger partial charge in [0.15, 0.2) is 0 Å². The monoisotopic (exact) mass is 306 g/mol. The van der Waals surface area contributed by atoms with Crippen LogP contribution >= 0.6 is 11.6 Å². The molecule has 1 aromatic carbocycles. The molecule has 1 rings (SSSR count). The van der Waals surface area contributed by atoms with E-state index in [-0.39, 0.29) is 17.4 Å². The Morgan fingerprint density at radius 2 is 1.89 bits per heavy atom. The first-order valence-electron chi connectivity index (χ1n) is 5.54. The predicted molar refractivity (Wildman–Crippen MR) is 70.6 cm³/mol. The molecule has 0 aliphatic rings. The van der Waals surface area contributed by atoms with Crippen molar-refractivity contribution in [3.63, 3.8) is 0 Å². The summed E-state index contributed by atoms with van der Waals surface area (Å²) in [6.45, 7) is 2.76. The molecule has 5 nitrogen and oxygen atoms in total. The number of alkyl halides is 1. The third-order valence-electron chi connectivity index (χ3n) is 2.22. The van der Waals surface area contributed by atoms with Crippen LogP contribution in [0.1, 0.15) is 12.5 Å². The van der Waals surface area contributed by atoms with Crippen LogP contribution in [-0.2, 0) is 23.8 Å². The van der Waals surface area contributed by atoms with Crippen LogP contribution in [-0.4, -0.2) is 33.0 Å². The number of rotatable bonds is 6. The minimum Gasteiger partial charge on any atom is -0.459 e. The lowest BCUT2D eigenvalue weighted by atomic mass is 10.2. The molecule has 1 atom stereocenters. The van der Waals surface area contributed by atoms with E-state index < -0.39 is 22.2 Å². The molecule has 0 fully saturated rings. The third-order valence-corrected chi connectivity index (χ3v) is 3.86. The van der Waals surface area contributed by atoms with E-state index in [2.05, 4.69) is 0 Å². The second-order valence-corrected chi connectivity index (χ2v) is 5.86. The number of ether oxygens (including phenoxy) is 1. The molecular formula is C12H15ClO5S. The summed E-state index contributed by atoms with van der Waals surface area (Å²) in [5, 5.41) is 0. The second kappa shape index (κ2) is 6.88. The lowest BCUT2D eigenvalue weighted by Crippen LogP contribution is -2.25. The standard InChI is InChI=1S/C12H15ClO5S/c1-9-3-5-12(6-4-9)19(15,16)17-8-11(7-13)18-10(2)14/h3-6,11H,7-8H2,1-2H3. The molecule has 0 aromatic heterocycles. The Morgan fingerprint density at radius 1 is 1.32 bits per heavy atom. The molecule has 0 heterocycles. The van der Waals surface area contributed by atoms with Gasteiger partial charge in [-0.2, -0.15) is 8.42 Å². The van der Waals surface area contributed by atoms with Gasteiger partial charge >= 0.3 is 5.97 Å². The van der Waals surface area contributed by atoms with Crippen molar-refractivity contribution in [1.82, 2.24) is 0 Å². The van der Waals surface area contributed by atoms with Gasteiger partial charge in [-0.05, 0) is 19.1 Å². The van der Waals surface area contributed by atoms with Crippen LogP contribution in [0.15, 0.2) is 29.2 Å². The fourth-order valence-electron chi connectivity index (χ4n) is 1.28. The number of halogens is 1. The molecule has 0 aliphatic heterocycles. The summed E-state index contributed by atoms with van der Waals surface area (Å²) >= 11 is 5.56. The molecular weight excluding hydrogens is 292 g/mol. The summed E-state index contributed by atoms with van der Waals surface area (Å²) in [6, 6.07) is 6.24. The molecule has 0 aliphatic carbocycles. The van der Waals surface area contributed by atoms with Crippen molar-refractivity contribution in [2.45, 2.75) is 24.8 Å². The van der Waals surface area contributed by atoms with E-state index >= 15 is 0 Å². The smallest absolute Gasteiger partial charge is 0.303 e. The summed E-state index contributed by atoms with van der Waals surface area (Å²) in [5.41, 5.74) is 0.942. The van der Waals surface area contributed by atoms with Crippen LogP contribution in [0.25, 0.3) is 0 Å². The number of carbonyl (C=O) groups is 1. The van der Waals surface area contributed by atoms with Crippen molar-refractivity contribution in [3.05, 3.63) is 29.8 Å². The lowest BCUT2D eigenvalue weighted by Gasteiger charge is -2.14. The van der Waals surface area contributed by atoms with Gasteiger partial charge in [-0.25, -0.2) is 0 Å². The molecule has 0 spiro atoms.